The summed E-state index contributed by atoms with van der Waals surface area (Å²) in [6, 6.07) is 23.8. The van der Waals surface area contributed by atoms with E-state index in [1.807, 2.05) is 12.1 Å². The molecule has 0 radical (unpaired) electrons. The van der Waals surface area contributed by atoms with Crippen molar-refractivity contribution in [3.8, 4) is 5.75 Å². The van der Waals surface area contributed by atoms with Crippen LogP contribution in [0.4, 0.5) is 0 Å². The lowest BCUT2D eigenvalue weighted by molar-refractivity contribution is -0.142. The highest BCUT2D eigenvalue weighted by atomic mass is 32.2. The van der Waals surface area contributed by atoms with Gasteiger partial charge in [0.15, 0.2) is 6.04 Å². The van der Waals surface area contributed by atoms with Crippen LogP contribution in [0.25, 0.3) is 0 Å². The maximum absolute atomic E-state index is 14.1. The SMILES string of the molecule is COC(=O)C(N=S(=O)(c1ccccc1)c1ccccc1)c1ccc(OC)cc1. The first-order valence-electron chi connectivity index (χ1n) is 8.66. The van der Waals surface area contributed by atoms with E-state index in [-0.39, 0.29) is 0 Å². The molecule has 0 aliphatic carbocycles. The third-order valence-electron chi connectivity index (χ3n) is 4.24. The van der Waals surface area contributed by atoms with Crippen LogP contribution in [-0.4, -0.2) is 24.4 Å². The fraction of sp³-hybridized carbons (Fsp3) is 0.136. The van der Waals surface area contributed by atoms with E-state index in [4.69, 9.17) is 9.47 Å². The molecule has 28 heavy (non-hydrogen) atoms. The lowest BCUT2D eigenvalue weighted by Crippen LogP contribution is -2.15. The summed E-state index contributed by atoms with van der Waals surface area (Å²) in [6.45, 7) is 0. The maximum atomic E-state index is 14.1. The quantitative estimate of drug-likeness (QED) is 0.577. The second-order valence-electron chi connectivity index (χ2n) is 5.96. The molecule has 0 saturated heterocycles. The standard InChI is InChI=1S/C22H21NO4S/c1-26-18-15-13-17(14-16-18)21(22(24)27-2)23-28(25,19-9-5-3-6-10-19)20-11-7-4-8-12-20/h3-16,21H,1-2H3. The smallest absolute Gasteiger partial charge is 0.336 e. The molecule has 3 aromatic rings. The Morgan fingerprint density at radius 1 is 0.821 bits per heavy atom. The minimum absolute atomic E-state index is 0.531. The maximum Gasteiger partial charge on any atom is 0.336 e. The molecular formula is C22H21NO4S. The minimum atomic E-state index is -3.07. The molecule has 0 aliphatic rings. The Morgan fingerprint density at radius 3 is 1.75 bits per heavy atom. The van der Waals surface area contributed by atoms with Crippen LogP contribution < -0.4 is 4.74 Å². The van der Waals surface area contributed by atoms with E-state index in [0.29, 0.717) is 21.1 Å². The summed E-state index contributed by atoms with van der Waals surface area (Å²) in [5.41, 5.74) is 0.576. The van der Waals surface area contributed by atoms with Crippen molar-refractivity contribution in [1.29, 1.82) is 0 Å². The summed E-state index contributed by atoms with van der Waals surface area (Å²) < 4.78 is 28.8. The van der Waals surface area contributed by atoms with Gasteiger partial charge in [-0.15, -0.1) is 0 Å². The van der Waals surface area contributed by atoms with Crippen molar-refractivity contribution in [1.82, 2.24) is 0 Å². The number of methoxy groups -OCH3 is 2. The third kappa shape index (κ3) is 4.07. The number of ether oxygens (including phenoxy) is 2. The van der Waals surface area contributed by atoms with E-state index in [2.05, 4.69) is 4.36 Å². The molecule has 3 aromatic carbocycles. The molecule has 144 valence electrons. The fourth-order valence-corrected chi connectivity index (χ4v) is 4.83. The van der Waals surface area contributed by atoms with Gasteiger partial charge in [0.05, 0.1) is 24.0 Å². The molecule has 0 aliphatic heterocycles. The molecule has 0 bridgehead atoms. The predicted octanol–water partition coefficient (Wildman–Crippen LogP) is 4.50. The van der Waals surface area contributed by atoms with Crippen molar-refractivity contribution in [2.45, 2.75) is 15.8 Å². The number of hydrogen-bond donors (Lipinski definition) is 0. The van der Waals surface area contributed by atoms with Crippen LogP contribution in [0.2, 0.25) is 0 Å². The average Bonchev–Trinajstić information content (AvgIpc) is 2.78. The molecule has 1 unspecified atom stereocenters. The number of hydrogen-bond acceptors (Lipinski definition) is 5. The third-order valence-corrected chi connectivity index (χ3v) is 6.57. The van der Waals surface area contributed by atoms with Crippen LogP contribution in [0.5, 0.6) is 5.75 Å². The zero-order chi connectivity index (χ0) is 20.0. The van der Waals surface area contributed by atoms with Crippen LogP contribution in [0.3, 0.4) is 0 Å². The Bertz CT molecular complexity index is 995. The zero-order valence-corrected chi connectivity index (χ0v) is 16.5. The summed E-state index contributed by atoms with van der Waals surface area (Å²) in [4.78, 5) is 13.6. The Labute approximate surface area is 165 Å². The molecule has 3 rings (SSSR count). The lowest BCUT2D eigenvalue weighted by Gasteiger charge is -2.16. The molecule has 1 atom stereocenters. The summed E-state index contributed by atoms with van der Waals surface area (Å²) >= 11 is 0. The van der Waals surface area contributed by atoms with Gasteiger partial charge in [-0.05, 0) is 42.0 Å². The van der Waals surface area contributed by atoms with Gasteiger partial charge in [0.2, 0.25) is 0 Å². The molecule has 0 saturated carbocycles. The zero-order valence-electron chi connectivity index (χ0n) is 15.6. The van der Waals surface area contributed by atoms with Gasteiger partial charge in [-0.2, -0.15) is 0 Å². The van der Waals surface area contributed by atoms with Crippen molar-refractivity contribution in [3.63, 3.8) is 0 Å². The van der Waals surface area contributed by atoms with Gasteiger partial charge >= 0.3 is 5.97 Å². The highest BCUT2D eigenvalue weighted by molar-refractivity contribution is 7.93. The molecule has 0 amide bonds. The Morgan fingerprint density at radius 2 is 1.32 bits per heavy atom. The van der Waals surface area contributed by atoms with E-state index in [0.717, 1.165) is 0 Å². The van der Waals surface area contributed by atoms with E-state index in [9.17, 15) is 9.00 Å². The van der Waals surface area contributed by atoms with E-state index < -0.39 is 21.7 Å². The van der Waals surface area contributed by atoms with Gasteiger partial charge in [-0.1, -0.05) is 48.5 Å². The monoisotopic (exact) mass is 395 g/mol. The highest BCUT2D eigenvalue weighted by Crippen LogP contribution is 2.30. The number of rotatable bonds is 6. The molecule has 5 nitrogen and oxygen atoms in total. The van der Waals surface area contributed by atoms with Crippen LogP contribution in [0.1, 0.15) is 11.6 Å². The van der Waals surface area contributed by atoms with Gasteiger partial charge in [-0.25, -0.2) is 13.4 Å². The predicted molar refractivity (Wildman–Crippen MR) is 108 cm³/mol. The van der Waals surface area contributed by atoms with Crippen LogP contribution >= 0.6 is 0 Å². The van der Waals surface area contributed by atoms with E-state index in [1.54, 1.807) is 79.9 Å². The summed E-state index contributed by atoms with van der Waals surface area (Å²) in [5, 5.41) is 0. The van der Waals surface area contributed by atoms with Crippen LogP contribution in [-0.2, 0) is 19.3 Å². The molecule has 0 aromatic heterocycles. The average molecular weight is 395 g/mol. The van der Waals surface area contributed by atoms with Gasteiger partial charge in [0.1, 0.15) is 15.5 Å². The van der Waals surface area contributed by atoms with Crippen molar-refractivity contribution in [3.05, 3.63) is 90.5 Å². The Kier molecular flexibility index (Phi) is 6.11. The molecule has 6 heteroatoms. The first kappa shape index (κ1) is 19.6. The van der Waals surface area contributed by atoms with Crippen molar-refractivity contribution >= 4 is 15.7 Å². The molecule has 0 heterocycles. The number of nitrogens with zero attached hydrogens (tertiary/aromatic N) is 1. The summed E-state index contributed by atoms with van der Waals surface area (Å²) in [7, 11) is -0.215. The lowest BCUT2D eigenvalue weighted by atomic mass is 10.1. The number of carbonyl (C=O) groups is 1. The Balaban J connectivity index is 2.23. The first-order valence-corrected chi connectivity index (χ1v) is 10.2. The normalized spacial score (nSPS) is 12.1. The van der Waals surface area contributed by atoms with Crippen LogP contribution in [0.15, 0.2) is 99.1 Å². The largest absolute Gasteiger partial charge is 0.497 e. The van der Waals surface area contributed by atoms with Crippen molar-refractivity contribution < 1.29 is 18.5 Å². The van der Waals surface area contributed by atoms with Crippen molar-refractivity contribution in [2.75, 3.05) is 14.2 Å². The fourth-order valence-electron chi connectivity index (χ4n) is 2.75. The number of carbonyl (C=O) groups excluding carboxylic acids is 1. The first-order chi connectivity index (χ1) is 13.6. The van der Waals surface area contributed by atoms with Gasteiger partial charge in [-0.3, -0.25) is 0 Å². The second-order valence-corrected chi connectivity index (χ2v) is 8.16. The number of benzene rings is 3. The molecule has 0 spiro atoms. The van der Waals surface area contributed by atoms with E-state index in [1.165, 1.54) is 7.11 Å². The van der Waals surface area contributed by atoms with Crippen molar-refractivity contribution in [2.24, 2.45) is 4.36 Å². The van der Waals surface area contributed by atoms with Gasteiger partial charge in [0.25, 0.3) is 0 Å². The van der Waals surface area contributed by atoms with E-state index >= 15 is 0 Å². The number of esters is 1. The second kappa shape index (κ2) is 8.71. The summed E-state index contributed by atoms with van der Waals surface area (Å²) in [5.74, 6) is 0.0731. The molecular weight excluding hydrogens is 374 g/mol. The Hall–Kier alpha value is -3.12. The highest BCUT2D eigenvalue weighted by Gasteiger charge is 2.26. The van der Waals surface area contributed by atoms with Gasteiger partial charge < -0.3 is 9.47 Å². The molecule has 0 N–H and O–H groups in total. The summed E-state index contributed by atoms with van der Waals surface area (Å²) in [6.07, 6.45) is 0. The molecule has 0 fully saturated rings. The minimum Gasteiger partial charge on any atom is -0.497 e. The van der Waals surface area contributed by atoms with Crippen LogP contribution in [0, 0.1) is 0 Å². The topological polar surface area (TPSA) is 65.0 Å². The van der Waals surface area contributed by atoms with Gasteiger partial charge in [0, 0.05) is 0 Å².